The quantitative estimate of drug-likeness (QED) is 0.879. The lowest BCUT2D eigenvalue weighted by atomic mass is 10.2. The first-order chi connectivity index (χ1) is 8.25. The van der Waals surface area contributed by atoms with Gasteiger partial charge in [0.15, 0.2) is 5.82 Å². The molecule has 2 aromatic rings. The molecule has 6 nitrogen and oxygen atoms in total. The molecule has 0 aliphatic rings. The normalized spacial score (nSPS) is 10.2. The Balaban J connectivity index is 1.85. The summed E-state index contributed by atoms with van der Waals surface area (Å²) in [5.41, 5.74) is 0.618. The average molecular weight is 296 g/mol. The number of nitrogens with zero attached hydrogens (tertiary/aromatic N) is 3. The largest absolute Gasteiger partial charge is 0.352 e. The van der Waals surface area contributed by atoms with Crippen molar-refractivity contribution in [2.45, 2.75) is 6.42 Å². The van der Waals surface area contributed by atoms with Crippen LogP contribution in [0.15, 0.2) is 28.7 Å². The SMILES string of the molecule is O=C(NCCc1nn[nH]n1)c1cccc(Br)c1. The Hall–Kier alpha value is -1.76. The third-order valence-electron chi connectivity index (χ3n) is 2.11. The summed E-state index contributed by atoms with van der Waals surface area (Å²) in [6.45, 7) is 0.477. The zero-order valence-electron chi connectivity index (χ0n) is 8.85. The minimum atomic E-state index is -0.116. The molecule has 0 aliphatic carbocycles. The zero-order valence-corrected chi connectivity index (χ0v) is 10.4. The van der Waals surface area contributed by atoms with Gasteiger partial charge in [0.2, 0.25) is 0 Å². The first-order valence-electron chi connectivity index (χ1n) is 5.02. The summed E-state index contributed by atoms with van der Waals surface area (Å²) < 4.78 is 0.878. The van der Waals surface area contributed by atoms with E-state index in [0.29, 0.717) is 24.4 Å². The van der Waals surface area contributed by atoms with Gasteiger partial charge in [-0.3, -0.25) is 4.79 Å². The van der Waals surface area contributed by atoms with E-state index in [1.807, 2.05) is 12.1 Å². The predicted molar refractivity (Wildman–Crippen MR) is 64.4 cm³/mol. The third-order valence-corrected chi connectivity index (χ3v) is 2.60. The second-order valence-electron chi connectivity index (χ2n) is 3.34. The van der Waals surface area contributed by atoms with Gasteiger partial charge in [-0.25, -0.2) is 0 Å². The van der Waals surface area contributed by atoms with Gasteiger partial charge in [-0.2, -0.15) is 5.21 Å². The van der Waals surface area contributed by atoms with E-state index in [1.54, 1.807) is 12.1 Å². The monoisotopic (exact) mass is 295 g/mol. The molecule has 88 valence electrons. The number of benzene rings is 1. The molecule has 0 bridgehead atoms. The lowest BCUT2D eigenvalue weighted by Crippen LogP contribution is -2.25. The fourth-order valence-corrected chi connectivity index (χ4v) is 1.71. The van der Waals surface area contributed by atoms with Gasteiger partial charge in [-0.15, -0.1) is 10.2 Å². The van der Waals surface area contributed by atoms with E-state index in [4.69, 9.17) is 0 Å². The van der Waals surface area contributed by atoms with Gasteiger partial charge in [-0.1, -0.05) is 27.2 Å². The van der Waals surface area contributed by atoms with Crippen molar-refractivity contribution in [1.82, 2.24) is 25.9 Å². The van der Waals surface area contributed by atoms with Crippen molar-refractivity contribution in [3.63, 3.8) is 0 Å². The number of nitrogens with one attached hydrogen (secondary N) is 2. The fraction of sp³-hybridized carbons (Fsp3) is 0.200. The molecule has 0 saturated heterocycles. The Kier molecular flexibility index (Phi) is 3.81. The molecule has 0 saturated carbocycles. The number of H-pyrrole nitrogens is 1. The topological polar surface area (TPSA) is 83.6 Å². The Morgan fingerprint density at radius 2 is 2.35 bits per heavy atom. The van der Waals surface area contributed by atoms with Crippen molar-refractivity contribution >= 4 is 21.8 Å². The first kappa shape index (κ1) is 11.7. The molecule has 0 unspecified atom stereocenters. The Bertz CT molecular complexity index is 499. The molecule has 1 amide bonds. The fourth-order valence-electron chi connectivity index (χ4n) is 1.31. The number of halogens is 1. The van der Waals surface area contributed by atoms with E-state index in [9.17, 15) is 4.79 Å². The highest BCUT2D eigenvalue weighted by Crippen LogP contribution is 2.11. The van der Waals surface area contributed by atoms with Gasteiger partial charge in [0.25, 0.3) is 5.91 Å². The van der Waals surface area contributed by atoms with Crippen LogP contribution in [-0.4, -0.2) is 33.1 Å². The van der Waals surface area contributed by atoms with Gasteiger partial charge in [0.1, 0.15) is 0 Å². The number of hydrogen-bond acceptors (Lipinski definition) is 4. The number of rotatable bonds is 4. The molecule has 0 atom stereocenters. The molecule has 0 aliphatic heterocycles. The number of tetrazole rings is 1. The molecule has 2 rings (SSSR count). The van der Waals surface area contributed by atoms with Gasteiger partial charge in [0.05, 0.1) is 0 Å². The van der Waals surface area contributed by atoms with Crippen molar-refractivity contribution in [2.24, 2.45) is 0 Å². The molecule has 0 spiro atoms. The summed E-state index contributed by atoms with van der Waals surface area (Å²) in [6, 6.07) is 7.21. The van der Waals surface area contributed by atoms with Crippen LogP contribution < -0.4 is 5.32 Å². The van der Waals surface area contributed by atoms with Gasteiger partial charge < -0.3 is 5.32 Å². The van der Waals surface area contributed by atoms with E-state index >= 15 is 0 Å². The van der Waals surface area contributed by atoms with Crippen molar-refractivity contribution < 1.29 is 4.79 Å². The van der Waals surface area contributed by atoms with E-state index in [0.717, 1.165) is 4.47 Å². The highest BCUT2D eigenvalue weighted by molar-refractivity contribution is 9.10. The van der Waals surface area contributed by atoms with Crippen LogP contribution in [0.5, 0.6) is 0 Å². The highest BCUT2D eigenvalue weighted by Gasteiger charge is 2.05. The first-order valence-corrected chi connectivity index (χ1v) is 5.81. The maximum absolute atomic E-state index is 11.7. The van der Waals surface area contributed by atoms with E-state index < -0.39 is 0 Å². The number of hydrogen-bond donors (Lipinski definition) is 2. The molecule has 0 fully saturated rings. The summed E-state index contributed by atoms with van der Waals surface area (Å²) in [5, 5.41) is 16.2. The number of carbonyl (C=O) groups excluding carboxylic acids is 1. The maximum Gasteiger partial charge on any atom is 0.251 e. The summed E-state index contributed by atoms with van der Waals surface area (Å²) in [6.07, 6.45) is 0.552. The number of aromatic amines is 1. The van der Waals surface area contributed by atoms with Crippen molar-refractivity contribution in [3.8, 4) is 0 Å². The predicted octanol–water partition coefficient (Wildman–Crippen LogP) is 0.935. The van der Waals surface area contributed by atoms with E-state index in [1.165, 1.54) is 0 Å². The van der Waals surface area contributed by atoms with Crippen LogP contribution in [0.25, 0.3) is 0 Å². The van der Waals surface area contributed by atoms with Crippen LogP contribution in [0, 0.1) is 0 Å². The Labute approximate surface area is 106 Å². The summed E-state index contributed by atoms with van der Waals surface area (Å²) in [7, 11) is 0. The van der Waals surface area contributed by atoms with E-state index in [2.05, 4.69) is 41.9 Å². The smallest absolute Gasteiger partial charge is 0.251 e. The summed E-state index contributed by atoms with van der Waals surface area (Å²) in [4.78, 5) is 11.7. The zero-order chi connectivity index (χ0) is 12.1. The van der Waals surface area contributed by atoms with Crippen molar-refractivity contribution in [1.29, 1.82) is 0 Å². The molecule has 7 heteroatoms. The Morgan fingerprint density at radius 3 is 3.06 bits per heavy atom. The molecule has 1 heterocycles. The second kappa shape index (κ2) is 5.53. The molecular weight excluding hydrogens is 286 g/mol. The van der Waals surface area contributed by atoms with Crippen LogP contribution in [0.4, 0.5) is 0 Å². The number of carbonyl (C=O) groups is 1. The van der Waals surface area contributed by atoms with Crippen molar-refractivity contribution in [3.05, 3.63) is 40.1 Å². The minimum Gasteiger partial charge on any atom is -0.352 e. The van der Waals surface area contributed by atoms with Gasteiger partial charge in [-0.05, 0) is 18.2 Å². The molecule has 1 aromatic heterocycles. The second-order valence-corrected chi connectivity index (χ2v) is 4.26. The molecule has 17 heavy (non-hydrogen) atoms. The number of aromatic nitrogens is 4. The van der Waals surface area contributed by atoms with Crippen LogP contribution in [0.3, 0.4) is 0 Å². The van der Waals surface area contributed by atoms with Crippen molar-refractivity contribution in [2.75, 3.05) is 6.54 Å². The van der Waals surface area contributed by atoms with Gasteiger partial charge >= 0.3 is 0 Å². The third kappa shape index (κ3) is 3.35. The lowest BCUT2D eigenvalue weighted by Gasteiger charge is -2.03. The van der Waals surface area contributed by atoms with Crippen LogP contribution in [0.1, 0.15) is 16.2 Å². The van der Waals surface area contributed by atoms with Crippen LogP contribution in [-0.2, 0) is 6.42 Å². The molecule has 2 N–H and O–H groups in total. The van der Waals surface area contributed by atoms with E-state index in [-0.39, 0.29) is 5.91 Å². The average Bonchev–Trinajstić information content (AvgIpc) is 2.82. The minimum absolute atomic E-state index is 0.116. The standard InChI is InChI=1S/C10H10BrN5O/c11-8-3-1-2-7(6-8)10(17)12-5-4-9-13-15-16-14-9/h1-3,6H,4-5H2,(H,12,17)(H,13,14,15,16). The van der Waals surface area contributed by atoms with Gasteiger partial charge in [0, 0.05) is 23.0 Å². The summed E-state index contributed by atoms with van der Waals surface area (Å²) >= 11 is 3.32. The summed E-state index contributed by atoms with van der Waals surface area (Å²) in [5.74, 6) is 0.467. The Morgan fingerprint density at radius 1 is 1.47 bits per heavy atom. The molecule has 0 radical (unpaired) electrons. The highest BCUT2D eigenvalue weighted by atomic mass is 79.9. The maximum atomic E-state index is 11.7. The number of amides is 1. The lowest BCUT2D eigenvalue weighted by molar-refractivity contribution is 0.0954. The molecular formula is C10H10BrN5O. The molecule has 1 aromatic carbocycles. The van der Waals surface area contributed by atoms with Crippen LogP contribution in [0.2, 0.25) is 0 Å². The van der Waals surface area contributed by atoms with Crippen LogP contribution >= 0.6 is 15.9 Å².